The summed E-state index contributed by atoms with van der Waals surface area (Å²) in [7, 11) is 0. The first-order valence-electron chi connectivity index (χ1n) is 6.32. The smallest absolute Gasteiger partial charge is 0.104 e. The molecule has 0 atom stereocenters. The average Bonchev–Trinajstić information content (AvgIpc) is 2.45. The second-order valence-electron chi connectivity index (χ2n) is 3.76. The van der Waals surface area contributed by atoms with Gasteiger partial charge in [0.15, 0.2) is 0 Å². The third-order valence-electron chi connectivity index (χ3n) is 2.26. The number of thioether (sulfide) groups is 4. The summed E-state index contributed by atoms with van der Waals surface area (Å²) in [5.41, 5.74) is 2.65. The Morgan fingerprint density at radius 1 is 0.750 bits per heavy atom. The minimum atomic E-state index is 0.962. The lowest BCUT2D eigenvalue weighted by atomic mass is 10.2. The van der Waals surface area contributed by atoms with Gasteiger partial charge in [-0.3, -0.25) is 0 Å². The SMILES string of the molecule is CCSC(=S)SCc1ccc(CSC(=S)SCC)cc1. The van der Waals surface area contributed by atoms with E-state index in [2.05, 4.69) is 38.1 Å². The molecule has 0 bridgehead atoms. The highest BCUT2D eigenvalue weighted by molar-refractivity contribution is 8.47. The van der Waals surface area contributed by atoms with Gasteiger partial charge in [0.1, 0.15) is 7.06 Å². The summed E-state index contributed by atoms with van der Waals surface area (Å²) in [6, 6.07) is 8.77. The van der Waals surface area contributed by atoms with Gasteiger partial charge >= 0.3 is 0 Å². The molecule has 0 nitrogen and oxygen atoms in total. The van der Waals surface area contributed by atoms with E-state index in [1.165, 1.54) is 11.1 Å². The van der Waals surface area contributed by atoms with Crippen LogP contribution in [0.3, 0.4) is 0 Å². The molecule has 110 valence electrons. The van der Waals surface area contributed by atoms with Crippen LogP contribution in [0.25, 0.3) is 0 Å². The van der Waals surface area contributed by atoms with Crippen molar-refractivity contribution < 1.29 is 0 Å². The van der Waals surface area contributed by atoms with E-state index >= 15 is 0 Å². The Hall–Kier alpha value is 0.800. The molecule has 1 rings (SSSR count). The number of rotatable bonds is 6. The molecule has 0 saturated carbocycles. The van der Waals surface area contributed by atoms with Crippen LogP contribution in [0.5, 0.6) is 0 Å². The van der Waals surface area contributed by atoms with Gasteiger partial charge in [0.2, 0.25) is 0 Å². The first-order valence-corrected chi connectivity index (χ1v) is 11.1. The maximum atomic E-state index is 5.28. The maximum Gasteiger partial charge on any atom is 0.104 e. The monoisotopic (exact) mass is 378 g/mol. The molecule has 1 aromatic carbocycles. The summed E-state index contributed by atoms with van der Waals surface area (Å²) in [5.74, 6) is 4.03. The van der Waals surface area contributed by atoms with Crippen LogP contribution in [0, 0.1) is 0 Å². The lowest BCUT2D eigenvalue weighted by Crippen LogP contribution is -1.88. The zero-order valence-electron chi connectivity index (χ0n) is 11.6. The summed E-state index contributed by atoms with van der Waals surface area (Å²) < 4.78 is 2.07. The molecular formula is C14H18S6. The lowest BCUT2D eigenvalue weighted by molar-refractivity contribution is 1.35. The van der Waals surface area contributed by atoms with Gasteiger partial charge in [-0.05, 0) is 22.6 Å². The van der Waals surface area contributed by atoms with E-state index in [1.54, 1.807) is 47.0 Å². The van der Waals surface area contributed by atoms with E-state index in [-0.39, 0.29) is 0 Å². The van der Waals surface area contributed by atoms with Gasteiger partial charge in [0.05, 0.1) is 0 Å². The number of hydrogen-bond donors (Lipinski definition) is 0. The van der Waals surface area contributed by atoms with Gasteiger partial charge in [-0.1, -0.05) is 62.5 Å². The molecule has 0 heterocycles. The van der Waals surface area contributed by atoms with Crippen molar-refractivity contribution in [2.45, 2.75) is 25.4 Å². The van der Waals surface area contributed by atoms with Crippen LogP contribution < -0.4 is 0 Å². The average molecular weight is 379 g/mol. The predicted molar refractivity (Wildman–Crippen MR) is 110 cm³/mol. The summed E-state index contributed by atoms with van der Waals surface area (Å²) in [5, 5.41) is 0. The topological polar surface area (TPSA) is 0 Å². The lowest BCUT2D eigenvalue weighted by Gasteiger charge is -2.05. The van der Waals surface area contributed by atoms with Gasteiger partial charge in [-0.15, -0.1) is 47.0 Å². The standard InChI is InChI=1S/C14H18S6/c1-3-17-13(15)19-9-11-5-7-12(8-6-11)10-20-14(16)18-4-2/h5-8H,3-4,9-10H2,1-2H3. The van der Waals surface area contributed by atoms with Gasteiger partial charge in [-0.25, -0.2) is 0 Å². The van der Waals surface area contributed by atoms with E-state index < -0.39 is 0 Å². The normalized spacial score (nSPS) is 10.5. The highest BCUT2D eigenvalue weighted by Crippen LogP contribution is 2.24. The molecule has 0 aromatic heterocycles. The van der Waals surface area contributed by atoms with Crippen molar-refractivity contribution in [3.05, 3.63) is 35.4 Å². The zero-order chi connectivity index (χ0) is 14.8. The molecule has 0 amide bonds. The molecular weight excluding hydrogens is 361 g/mol. The molecule has 0 fully saturated rings. The summed E-state index contributed by atoms with van der Waals surface area (Å²) in [6.45, 7) is 4.26. The second kappa shape index (κ2) is 11.4. The Kier molecular flexibility index (Phi) is 10.7. The van der Waals surface area contributed by atoms with Crippen LogP contribution in [0.2, 0.25) is 0 Å². The number of hydrogen-bond acceptors (Lipinski definition) is 6. The second-order valence-corrected chi connectivity index (χ2v) is 10.6. The Bertz CT molecular complexity index is 385. The van der Waals surface area contributed by atoms with Gasteiger partial charge in [0.25, 0.3) is 0 Å². The van der Waals surface area contributed by atoms with Crippen LogP contribution in [0.4, 0.5) is 0 Å². The maximum absolute atomic E-state index is 5.28. The first kappa shape index (κ1) is 18.8. The van der Waals surface area contributed by atoms with Crippen LogP contribution >= 0.6 is 71.5 Å². The Morgan fingerprint density at radius 2 is 1.10 bits per heavy atom. The first-order chi connectivity index (χ1) is 9.65. The fraction of sp³-hybridized carbons (Fsp3) is 0.429. The molecule has 0 radical (unpaired) electrons. The van der Waals surface area contributed by atoms with E-state index in [4.69, 9.17) is 24.4 Å². The van der Waals surface area contributed by atoms with Crippen molar-refractivity contribution >= 4 is 78.5 Å². The highest BCUT2D eigenvalue weighted by Gasteiger charge is 2.01. The molecule has 0 saturated heterocycles. The molecule has 0 aliphatic heterocycles. The summed E-state index contributed by atoms with van der Waals surface area (Å²) in [4.78, 5) is 0. The molecule has 6 heteroatoms. The number of benzene rings is 1. The zero-order valence-corrected chi connectivity index (χ0v) is 16.5. The van der Waals surface area contributed by atoms with Crippen molar-refractivity contribution in [3.8, 4) is 0 Å². The van der Waals surface area contributed by atoms with Crippen molar-refractivity contribution in [2.24, 2.45) is 0 Å². The van der Waals surface area contributed by atoms with E-state index in [1.807, 2.05) is 0 Å². The van der Waals surface area contributed by atoms with Crippen LogP contribution in [0.1, 0.15) is 25.0 Å². The largest absolute Gasteiger partial charge is 0.108 e. The van der Waals surface area contributed by atoms with Crippen LogP contribution in [0.15, 0.2) is 24.3 Å². The van der Waals surface area contributed by atoms with E-state index in [0.29, 0.717) is 0 Å². The molecule has 1 aromatic rings. The quantitative estimate of drug-likeness (QED) is 0.534. The third kappa shape index (κ3) is 8.29. The fourth-order valence-electron chi connectivity index (χ4n) is 1.34. The summed E-state index contributed by atoms with van der Waals surface area (Å²) >= 11 is 17.5. The van der Waals surface area contributed by atoms with Gasteiger partial charge < -0.3 is 0 Å². The summed E-state index contributed by atoms with van der Waals surface area (Å²) in [6.07, 6.45) is 0. The van der Waals surface area contributed by atoms with Crippen molar-refractivity contribution in [3.63, 3.8) is 0 Å². The third-order valence-corrected chi connectivity index (χ3v) is 7.56. The van der Waals surface area contributed by atoms with Crippen molar-refractivity contribution in [2.75, 3.05) is 11.5 Å². The van der Waals surface area contributed by atoms with Crippen LogP contribution in [-0.2, 0) is 11.5 Å². The van der Waals surface area contributed by atoms with E-state index in [0.717, 1.165) is 30.1 Å². The van der Waals surface area contributed by atoms with Crippen molar-refractivity contribution in [1.82, 2.24) is 0 Å². The Balaban J connectivity index is 2.36. The minimum Gasteiger partial charge on any atom is -0.108 e. The van der Waals surface area contributed by atoms with Gasteiger partial charge in [-0.2, -0.15) is 0 Å². The molecule has 0 unspecified atom stereocenters. The van der Waals surface area contributed by atoms with Gasteiger partial charge in [0, 0.05) is 11.5 Å². The number of thiocarbonyl (C=S) groups is 2. The van der Waals surface area contributed by atoms with Crippen molar-refractivity contribution in [1.29, 1.82) is 0 Å². The minimum absolute atomic E-state index is 0.962. The molecule has 0 aliphatic carbocycles. The Morgan fingerprint density at radius 3 is 1.40 bits per heavy atom. The molecule has 0 N–H and O–H groups in total. The molecule has 20 heavy (non-hydrogen) atoms. The molecule has 0 aliphatic rings. The van der Waals surface area contributed by atoms with Crippen LogP contribution in [-0.4, -0.2) is 18.6 Å². The highest BCUT2D eigenvalue weighted by atomic mass is 32.2. The van der Waals surface area contributed by atoms with E-state index in [9.17, 15) is 0 Å². The Labute approximate surface area is 150 Å². The predicted octanol–water partition coefficient (Wildman–Crippen LogP) is 6.23. The molecule has 0 spiro atoms. The fourth-order valence-corrected chi connectivity index (χ4v) is 5.55.